The number of piperidine rings is 1. The number of amides is 1. The van der Waals surface area contributed by atoms with Crippen LogP contribution in [0.3, 0.4) is 0 Å². The highest BCUT2D eigenvalue weighted by Gasteiger charge is 2.31. The van der Waals surface area contributed by atoms with Crippen LogP contribution in [0.4, 0.5) is 13.2 Å². The molecule has 0 unspecified atom stereocenters. The largest absolute Gasteiger partial charge is 0.416 e. The number of nitrogens with zero attached hydrogens (tertiary/aromatic N) is 1. The first-order valence-electron chi connectivity index (χ1n) is 7.90. The predicted octanol–water partition coefficient (Wildman–Crippen LogP) is 3.54. The Hall–Kier alpha value is -1.56. The summed E-state index contributed by atoms with van der Waals surface area (Å²) in [4.78, 5) is 14.2. The van der Waals surface area contributed by atoms with Gasteiger partial charge in [0, 0.05) is 25.0 Å². The number of halogens is 3. The van der Waals surface area contributed by atoms with Crippen LogP contribution in [0.1, 0.15) is 50.2 Å². The number of rotatable bonds is 3. The van der Waals surface area contributed by atoms with Crippen molar-refractivity contribution in [1.82, 2.24) is 4.90 Å². The summed E-state index contributed by atoms with van der Waals surface area (Å²) in [6.45, 7) is 4.37. The monoisotopic (exact) mass is 328 g/mol. The Morgan fingerprint density at radius 3 is 2.74 bits per heavy atom. The number of likely N-dealkylation sites (tertiary alicyclic amines) is 1. The van der Waals surface area contributed by atoms with Crippen molar-refractivity contribution < 1.29 is 18.0 Å². The summed E-state index contributed by atoms with van der Waals surface area (Å²) in [5, 5.41) is 0. The van der Waals surface area contributed by atoms with Gasteiger partial charge in [0.2, 0.25) is 5.91 Å². The van der Waals surface area contributed by atoms with Crippen molar-refractivity contribution in [3.63, 3.8) is 0 Å². The van der Waals surface area contributed by atoms with Gasteiger partial charge in [-0.2, -0.15) is 13.2 Å². The van der Waals surface area contributed by atoms with Gasteiger partial charge < -0.3 is 10.6 Å². The van der Waals surface area contributed by atoms with E-state index < -0.39 is 11.7 Å². The van der Waals surface area contributed by atoms with Crippen LogP contribution in [0.15, 0.2) is 24.3 Å². The fraction of sp³-hybridized carbons (Fsp3) is 0.588. The lowest BCUT2D eigenvalue weighted by Crippen LogP contribution is -2.48. The third kappa shape index (κ3) is 4.47. The van der Waals surface area contributed by atoms with Crippen molar-refractivity contribution in [2.75, 3.05) is 6.54 Å². The molecular weight excluding hydrogens is 305 g/mol. The molecule has 1 heterocycles. The van der Waals surface area contributed by atoms with Gasteiger partial charge in [0.15, 0.2) is 0 Å². The molecule has 0 radical (unpaired) electrons. The minimum atomic E-state index is -4.36. The first-order valence-corrected chi connectivity index (χ1v) is 7.90. The van der Waals surface area contributed by atoms with Crippen LogP contribution < -0.4 is 5.73 Å². The van der Waals surface area contributed by atoms with Crippen molar-refractivity contribution in [1.29, 1.82) is 0 Å². The van der Waals surface area contributed by atoms with E-state index in [1.54, 1.807) is 17.9 Å². The standard InChI is InChI=1S/C17H23F3N2O/c1-11(13-4-3-5-14(10-13)17(18,19)20)8-16(23)22-7-6-15(21)9-12(22)2/h3-5,10-12,15H,6-9,21H2,1-2H3/t11-,12-,15+/m1/s1. The van der Waals surface area contributed by atoms with E-state index in [2.05, 4.69) is 0 Å². The summed E-state index contributed by atoms with van der Waals surface area (Å²) < 4.78 is 38.4. The van der Waals surface area contributed by atoms with Gasteiger partial charge in [-0.15, -0.1) is 0 Å². The number of carbonyl (C=O) groups excluding carboxylic acids is 1. The molecule has 0 saturated carbocycles. The van der Waals surface area contributed by atoms with Crippen LogP contribution in [-0.2, 0) is 11.0 Å². The topological polar surface area (TPSA) is 46.3 Å². The quantitative estimate of drug-likeness (QED) is 0.922. The maximum Gasteiger partial charge on any atom is 0.416 e. The minimum Gasteiger partial charge on any atom is -0.340 e. The number of hydrogen-bond acceptors (Lipinski definition) is 2. The highest BCUT2D eigenvalue weighted by Crippen LogP contribution is 2.32. The van der Waals surface area contributed by atoms with Crippen LogP contribution in [0.5, 0.6) is 0 Å². The SMILES string of the molecule is C[C@H](CC(=O)N1CC[C@H](N)C[C@H]1C)c1cccc(C(F)(F)F)c1. The maximum absolute atomic E-state index is 12.8. The second-order valence-corrected chi connectivity index (χ2v) is 6.45. The third-order valence-electron chi connectivity index (χ3n) is 4.50. The Morgan fingerprint density at radius 2 is 2.13 bits per heavy atom. The Balaban J connectivity index is 2.04. The molecule has 6 heteroatoms. The van der Waals surface area contributed by atoms with Gasteiger partial charge in [-0.05, 0) is 37.3 Å². The Morgan fingerprint density at radius 1 is 1.43 bits per heavy atom. The summed E-state index contributed by atoms with van der Waals surface area (Å²) in [6.07, 6.45) is -2.62. The summed E-state index contributed by atoms with van der Waals surface area (Å²) in [5.74, 6) is -0.276. The van der Waals surface area contributed by atoms with Crippen molar-refractivity contribution in [2.24, 2.45) is 5.73 Å². The van der Waals surface area contributed by atoms with Crippen molar-refractivity contribution in [3.8, 4) is 0 Å². The van der Waals surface area contributed by atoms with Gasteiger partial charge in [-0.3, -0.25) is 4.79 Å². The second-order valence-electron chi connectivity index (χ2n) is 6.45. The van der Waals surface area contributed by atoms with Gasteiger partial charge in [-0.25, -0.2) is 0 Å². The fourth-order valence-corrected chi connectivity index (χ4v) is 3.10. The minimum absolute atomic E-state index is 0.0192. The van der Waals surface area contributed by atoms with Crippen LogP contribution >= 0.6 is 0 Å². The lowest BCUT2D eigenvalue weighted by Gasteiger charge is -2.37. The fourth-order valence-electron chi connectivity index (χ4n) is 3.10. The van der Waals surface area contributed by atoms with Crippen molar-refractivity contribution in [2.45, 2.75) is 57.3 Å². The lowest BCUT2D eigenvalue weighted by molar-refractivity contribution is -0.137. The zero-order chi connectivity index (χ0) is 17.2. The van der Waals surface area contributed by atoms with Crippen LogP contribution in [0.25, 0.3) is 0 Å². The number of hydrogen-bond donors (Lipinski definition) is 1. The van der Waals surface area contributed by atoms with Gasteiger partial charge in [0.1, 0.15) is 0 Å². The molecule has 1 saturated heterocycles. The van der Waals surface area contributed by atoms with E-state index in [9.17, 15) is 18.0 Å². The molecule has 1 amide bonds. The molecule has 0 aromatic heterocycles. The molecule has 1 aromatic carbocycles. The van der Waals surface area contributed by atoms with E-state index in [4.69, 9.17) is 5.73 Å². The average molecular weight is 328 g/mol. The summed E-state index contributed by atoms with van der Waals surface area (Å²) in [5.41, 5.74) is 5.75. The molecule has 2 N–H and O–H groups in total. The van der Waals surface area contributed by atoms with Crippen LogP contribution in [0.2, 0.25) is 0 Å². The van der Waals surface area contributed by atoms with E-state index in [1.807, 2.05) is 6.92 Å². The van der Waals surface area contributed by atoms with Crippen LogP contribution in [-0.4, -0.2) is 29.4 Å². The summed E-state index contributed by atoms with van der Waals surface area (Å²) in [6, 6.07) is 5.42. The Kier molecular flexibility index (Phi) is 5.34. The Labute approximate surface area is 134 Å². The average Bonchev–Trinajstić information content (AvgIpc) is 2.46. The van der Waals surface area contributed by atoms with Gasteiger partial charge in [0.05, 0.1) is 5.56 Å². The first-order chi connectivity index (χ1) is 10.7. The second kappa shape index (κ2) is 6.91. The van der Waals surface area contributed by atoms with E-state index in [-0.39, 0.29) is 30.3 Å². The molecule has 0 aliphatic carbocycles. The molecule has 0 spiro atoms. The number of benzene rings is 1. The maximum atomic E-state index is 12.8. The molecular formula is C17H23F3N2O. The zero-order valence-electron chi connectivity index (χ0n) is 13.4. The number of alkyl halides is 3. The van der Waals surface area contributed by atoms with Crippen molar-refractivity contribution in [3.05, 3.63) is 35.4 Å². The van der Waals surface area contributed by atoms with Gasteiger partial charge in [0.25, 0.3) is 0 Å². The van der Waals surface area contributed by atoms with Crippen LogP contribution in [0, 0.1) is 0 Å². The molecule has 2 rings (SSSR count). The normalized spacial score (nSPS) is 23.7. The number of nitrogens with two attached hydrogens (primary N) is 1. The van der Waals surface area contributed by atoms with E-state index in [0.717, 1.165) is 25.0 Å². The highest BCUT2D eigenvalue weighted by molar-refractivity contribution is 5.77. The molecule has 0 bridgehead atoms. The first kappa shape index (κ1) is 17.8. The predicted molar refractivity (Wildman–Crippen MR) is 82.9 cm³/mol. The van der Waals surface area contributed by atoms with E-state index in [0.29, 0.717) is 12.1 Å². The van der Waals surface area contributed by atoms with Gasteiger partial charge in [-0.1, -0.05) is 25.1 Å². The van der Waals surface area contributed by atoms with Gasteiger partial charge >= 0.3 is 6.18 Å². The molecule has 1 fully saturated rings. The zero-order valence-corrected chi connectivity index (χ0v) is 13.4. The Bertz CT molecular complexity index is 559. The summed E-state index contributed by atoms with van der Waals surface area (Å²) in [7, 11) is 0. The summed E-state index contributed by atoms with van der Waals surface area (Å²) >= 11 is 0. The highest BCUT2D eigenvalue weighted by atomic mass is 19.4. The smallest absolute Gasteiger partial charge is 0.340 e. The third-order valence-corrected chi connectivity index (χ3v) is 4.50. The van der Waals surface area contributed by atoms with Crippen molar-refractivity contribution >= 4 is 5.91 Å². The molecule has 1 aliphatic heterocycles. The van der Waals surface area contributed by atoms with E-state index >= 15 is 0 Å². The molecule has 23 heavy (non-hydrogen) atoms. The lowest BCUT2D eigenvalue weighted by atomic mass is 9.93. The molecule has 128 valence electrons. The number of carbonyl (C=O) groups is 1. The molecule has 1 aromatic rings. The molecule has 1 aliphatic rings. The molecule has 3 atom stereocenters. The van der Waals surface area contributed by atoms with E-state index in [1.165, 1.54) is 6.07 Å². The molecule has 3 nitrogen and oxygen atoms in total.